The number of fused-ring (bicyclic) bond motifs is 1. The molecular formula is C10H17NO4. The van der Waals surface area contributed by atoms with Crippen molar-refractivity contribution in [3.05, 3.63) is 0 Å². The monoisotopic (exact) mass is 215 g/mol. The van der Waals surface area contributed by atoms with Crippen LogP contribution in [0, 0.1) is 0 Å². The normalized spacial score (nSPS) is 34.7. The number of likely N-dealkylation sites (tertiary alicyclic amines) is 1. The molecule has 0 aromatic carbocycles. The predicted molar refractivity (Wildman–Crippen MR) is 52.5 cm³/mol. The van der Waals surface area contributed by atoms with Gasteiger partial charge in [0.2, 0.25) is 0 Å². The first kappa shape index (κ1) is 10.7. The lowest BCUT2D eigenvalue weighted by molar-refractivity contribution is 0.00909. The van der Waals surface area contributed by atoms with Crippen LogP contribution < -0.4 is 0 Å². The number of hydrogen-bond acceptors (Lipinski definition) is 4. The van der Waals surface area contributed by atoms with Gasteiger partial charge in [-0.05, 0) is 20.8 Å². The molecule has 2 heterocycles. The van der Waals surface area contributed by atoms with E-state index in [-0.39, 0.29) is 18.3 Å². The first-order valence-electron chi connectivity index (χ1n) is 5.18. The molecule has 2 fully saturated rings. The highest BCUT2D eigenvalue weighted by Gasteiger charge is 2.51. The minimum Gasteiger partial charge on any atom is -0.444 e. The van der Waals surface area contributed by atoms with E-state index < -0.39 is 11.7 Å². The molecule has 0 spiro atoms. The van der Waals surface area contributed by atoms with Crippen LogP contribution in [0.1, 0.15) is 20.8 Å². The van der Waals surface area contributed by atoms with Crippen LogP contribution in [-0.2, 0) is 9.47 Å². The largest absolute Gasteiger partial charge is 0.444 e. The van der Waals surface area contributed by atoms with Gasteiger partial charge in [-0.1, -0.05) is 0 Å². The van der Waals surface area contributed by atoms with E-state index >= 15 is 0 Å². The van der Waals surface area contributed by atoms with Gasteiger partial charge >= 0.3 is 6.09 Å². The van der Waals surface area contributed by atoms with E-state index in [9.17, 15) is 9.90 Å². The van der Waals surface area contributed by atoms with Gasteiger partial charge in [-0.25, -0.2) is 4.79 Å². The van der Waals surface area contributed by atoms with Gasteiger partial charge in [0.05, 0.1) is 13.1 Å². The highest BCUT2D eigenvalue weighted by atomic mass is 16.6. The number of carbonyl (C=O) groups excluding carboxylic acids is 1. The van der Waals surface area contributed by atoms with Crippen LogP contribution in [0.2, 0.25) is 0 Å². The van der Waals surface area contributed by atoms with E-state index in [0.717, 1.165) is 0 Å². The van der Waals surface area contributed by atoms with E-state index in [2.05, 4.69) is 0 Å². The molecule has 86 valence electrons. The zero-order valence-corrected chi connectivity index (χ0v) is 9.27. The Labute approximate surface area is 89.0 Å². The van der Waals surface area contributed by atoms with Crippen molar-refractivity contribution in [3.8, 4) is 0 Å². The van der Waals surface area contributed by atoms with Gasteiger partial charge in [0, 0.05) is 0 Å². The van der Waals surface area contributed by atoms with Crippen LogP contribution >= 0.6 is 0 Å². The Morgan fingerprint density at radius 1 is 1.47 bits per heavy atom. The lowest BCUT2D eigenvalue weighted by Crippen LogP contribution is -2.48. The number of epoxide rings is 1. The Morgan fingerprint density at radius 2 is 2.13 bits per heavy atom. The second-order valence-corrected chi connectivity index (χ2v) is 5.09. The smallest absolute Gasteiger partial charge is 0.410 e. The van der Waals surface area contributed by atoms with Gasteiger partial charge in [-0.15, -0.1) is 0 Å². The molecule has 1 amide bonds. The number of ether oxygens (including phenoxy) is 2. The van der Waals surface area contributed by atoms with Crippen molar-refractivity contribution in [1.29, 1.82) is 0 Å². The summed E-state index contributed by atoms with van der Waals surface area (Å²) in [5.41, 5.74) is -0.497. The molecule has 2 saturated heterocycles. The van der Waals surface area contributed by atoms with Crippen molar-refractivity contribution in [2.24, 2.45) is 0 Å². The summed E-state index contributed by atoms with van der Waals surface area (Å²) in [6.07, 6.45) is -1.02. The third-order valence-corrected chi connectivity index (χ3v) is 2.46. The summed E-state index contributed by atoms with van der Waals surface area (Å²) >= 11 is 0. The van der Waals surface area contributed by atoms with E-state index in [0.29, 0.717) is 13.1 Å². The van der Waals surface area contributed by atoms with Crippen LogP contribution in [-0.4, -0.2) is 53.1 Å². The van der Waals surface area contributed by atoms with Crippen LogP contribution in [0.3, 0.4) is 0 Å². The molecule has 0 aromatic rings. The van der Waals surface area contributed by atoms with Crippen LogP contribution in [0.25, 0.3) is 0 Å². The maximum Gasteiger partial charge on any atom is 0.410 e. The molecule has 3 atom stereocenters. The zero-order chi connectivity index (χ0) is 11.2. The number of amides is 1. The molecule has 5 heteroatoms. The lowest BCUT2D eigenvalue weighted by atomic mass is 10.1. The highest BCUT2D eigenvalue weighted by molar-refractivity contribution is 5.68. The topological polar surface area (TPSA) is 62.3 Å². The number of aliphatic hydroxyl groups excluding tert-OH is 1. The van der Waals surface area contributed by atoms with E-state index in [4.69, 9.17) is 9.47 Å². The number of rotatable bonds is 0. The van der Waals surface area contributed by atoms with Crippen molar-refractivity contribution in [2.75, 3.05) is 13.1 Å². The van der Waals surface area contributed by atoms with Crippen LogP contribution in [0.4, 0.5) is 4.79 Å². The second kappa shape index (κ2) is 3.35. The predicted octanol–water partition coefficient (Wildman–Crippen LogP) is 0.365. The van der Waals surface area contributed by atoms with Gasteiger partial charge in [0.25, 0.3) is 0 Å². The van der Waals surface area contributed by atoms with Crippen molar-refractivity contribution in [1.82, 2.24) is 4.90 Å². The molecule has 1 N–H and O–H groups in total. The van der Waals surface area contributed by atoms with Crippen molar-refractivity contribution >= 4 is 6.09 Å². The first-order chi connectivity index (χ1) is 6.87. The molecule has 0 aromatic heterocycles. The van der Waals surface area contributed by atoms with Gasteiger partial charge in [0.15, 0.2) is 0 Å². The van der Waals surface area contributed by atoms with Crippen LogP contribution in [0.5, 0.6) is 0 Å². The van der Waals surface area contributed by atoms with E-state index in [1.54, 1.807) is 0 Å². The quantitative estimate of drug-likeness (QED) is 0.593. The molecule has 2 aliphatic heterocycles. The minimum absolute atomic E-state index is 0.00117. The second-order valence-electron chi connectivity index (χ2n) is 5.09. The summed E-state index contributed by atoms with van der Waals surface area (Å²) in [6.45, 7) is 6.29. The molecule has 5 nitrogen and oxygen atoms in total. The average Bonchev–Trinajstić information content (AvgIpc) is 2.79. The van der Waals surface area contributed by atoms with E-state index in [1.165, 1.54) is 4.90 Å². The molecule has 2 aliphatic rings. The van der Waals surface area contributed by atoms with Crippen molar-refractivity contribution in [3.63, 3.8) is 0 Å². The molecular weight excluding hydrogens is 198 g/mol. The summed E-state index contributed by atoms with van der Waals surface area (Å²) in [4.78, 5) is 13.2. The molecule has 0 radical (unpaired) electrons. The molecule has 0 saturated carbocycles. The first-order valence-corrected chi connectivity index (χ1v) is 5.18. The van der Waals surface area contributed by atoms with Gasteiger partial charge in [-0.2, -0.15) is 0 Å². The maximum absolute atomic E-state index is 11.7. The Hall–Kier alpha value is -0.810. The van der Waals surface area contributed by atoms with Crippen LogP contribution in [0.15, 0.2) is 0 Å². The Morgan fingerprint density at radius 3 is 2.67 bits per heavy atom. The molecule has 0 bridgehead atoms. The summed E-state index contributed by atoms with van der Waals surface area (Å²) in [5, 5.41) is 9.56. The minimum atomic E-state index is -0.573. The number of piperidine rings is 1. The lowest BCUT2D eigenvalue weighted by Gasteiger charge is -2.30. The number of carbonyl (C=O) groups is 1. The van der Waals surface area contributed by atoms with Gasteiger partial charge < -0.3 is 19.5 Å². The van der Waals surface area contributed by atoms with E-state index in [1.807, 2.05) is 20.8 Å². The van der Waals surface area contributed by atoms with Gasteiger partial charge in [0.1, 0.15) is 23.9 Å². The zero-order valence-electron chi connectivity index (χ0n) is 9.27. The molecule has 15 heavy (non-hydrogen) atoms. The van der Waals surface area contributed by atoms with Crippen molar-refractivity contribution < 1.29 is 19.4 Å². The fourth-order valence-electron chi connectivity index (χ4n) is 1.74. The van der Waals surface area contributed by atoms with Crippen molar-refractivity contribution in [2.45, 2.75) is 44.7 Å². The maximum atomic E-state index is 11.7. The summed E-state index contributed by atoms with van der Waals surface area (Å²) < 4.78 is 10.4. The fourth-order valence-corrected chi connectivity index (χ4v) is 1.74. The molecule has 2 rings (SSSR count). The summed E-state index contributed by atoms with van der Waals surface area (Å²) in [6, 6.07) is 0. The third-order valence-electron chi connectivity index (χ3n) is 2.46. The van der Waals surface area contributed by atoms with Gasteiger partial charge in [-0.3, -0.25) is 0 Å². The summed E-state index contributed by atoms with van der Waals surface area (Å²) in [7, 11) is 0. The number of nitrogens with zero attached hydrogens (tertiary/aromatic N) is 1. The Bertz CT molecular complexity index is 273. The average molecular weight is 215 g/mol. The molecule has 0 unspecified atom stereocenters. The Kier molecular flexibility index (Phi) is 2.39. The third kappa shape index (κ3) is 2.41. The number of aliphatic hydroxyl groups is 1. The molecule has 0 aliphatic carbocycles. The fraction of sp³-hybridized carbons (Fsp3) is 0.900. The number of hydrogen-bond donors (Lipinski definition) is 1. The summed E-state index contributed by atoms with van der Waals surface area (Å²) in [5.74, 6) is 0. The standard InChI is InChI=1S/C10H17NO4/c1-10(2,3)15-9(13)11-4-6(12)8-7(5-11)14-8/h6-8,12H,4-5H2,1-3H3/t6-,7-,8-/m0/s1. The number of β-amino-alcohol motifs (C(OH)–C–C–N with tert-alkyl or cyclic N) is 1. The SMILES string of the molecule is CC(C)(C)OC(=O)N1C[C@@H]2O[C@H]2[C@@H](O)C1. The highest BCUT2D eigenvalue weighted by Crippen LogP contribution is 2.31. The Balaban J connectivity index is 1.90.